The molecule has 1 aromatic carbocycles. The van der Waals surface area contributed by atoms with E-state index >= 15 is 0 Å². The Morgan fingerprint density at radius 1 is 1.37 bits per heavy atom. The van der Waals surface area contributed by atoms with Crippen LogP contribution in [-0.4, -0.2) is 27.6 Å². The van der Waals surface area contributed by atoms with Crippen LogP contribution in [0.1, 0.15) is 24.0 Å². The van der Waals surface area contributed by atoms with Gasteiger partial charge in [0.15, 0.2) is 0 Å². The SMILES string of the molecule is C/C=C/CCNc1nc(C(=O)O)nc2ccccc12. The van der Waals surface area contributed by atoms with Gasteiger partial charge in [0, 0.05) is 11.9 Å². The van der Waals surface area contributed by atoms with Gasteiger partial charge in [0.2, 0.25) is 5.82 Å². The van der Waals surface area contributed by atoms with Crippen molar-refractivity contribution in [3.05, 3.63) is 42.2 Å². The van der Waals surface area contributed by atoms with E-state index < -0.39 is 5.97 Å². The summed E-state index contributed by atoms with van der Waals surface area (Å²) in [6.45, 7) is 2.66. The quantitative estimate of drug-likeness (QED) is 0.636. The molecule has 0 atom stereocenters. The molecule has 0 saturated heterocycles. The molecule has 0 amide bonds. The van der Waals surface area contributed by atoms with E-state index in [4.69, 9.17) is 5.11 Å². The normalized spacial score (nSPS) is 11.0. The van der Waals surface area contributed by atoms with Gasteiger partial charge in [-0.1, -0.05) is 24.3 Å². The van der Waals surface area contributed by atoms with Crippen LogP contribution in [0.2, 0.25) is 0 Å². The van der Waals surface area contributed by atoms with Gasteiger partial charge in [-0.05, 0) is 25.5 Å². The molecule has 0 saturated carbocycles. The third-order valence-electron chi connectivity index (χ3n) is 2.63. The molecule has 0 radical (unpaired) electrons. The van der Waals surface area contributed by atoms with Crippen molar-refractivity contribution < 1.29 is 9.90 Å². The summed E-state index contributed by atoms with van der Waals surface area (Å²) < 4.78 is 0. The van der Waals surface area contributed by atoms with Gasteiger partial charge < -0.3 is 10.4 Å². The number of aromatic carboxylic acids is 1. The molecule has 0 aliphatic carbocycles. The third-order valence-corrected chi connectivity index (χ3v) is 2.63. The molecule has 19 heavy (non-hydrogen) atoms. The number of anilines is 1. The molecule has 0 unspecified atom stereocenters. The van der Waals surface area contributed by atoms with E-state index in [0.717, 1.165) is 11.8 Å². The average Bonchev–Trinajstić information content (AvgIpc) is 2.43. The fourth-order valence-corrected chi connectivity index (χ4v) is 1.75. The van der Waals surface area contributed by atoms with E-state index in [9.17, 15) is 4.79 Å². The number of aromatic nitrogens is 2. The minimum atomic E-state index is -1.12. The molecule has 5 heteroatoms. The number of para-hydroxylation sites is 1. The fraction of sp³-hybridized carbons (Fsp3) is 0.214. The van der Waals surface area contributed by atoms with Crippen LogP contribution < -0.4 is 5.32 Å². The van der Waals surface area contributed by atoms with Gasteiger partial charge in [-0.15, -0.1) is 0 Å². The number of fused-ring (bicyclic) bond motifs is 1. The standard InChI is InChI=1S/C14H15N3O2/c1-2-3-6-9-15-12-10-7-4-5-8-11(10)16-13(17-12)14(18)19/h2-5,7-8H,6,9H2,1H3,(H,18,19)(H,15,16,17)/b3-2+. The molecule has 1 aromatic heterocycles. The maximum atomic E-state index is 11.0. The van der Waals surface area contributed by atoms with Gasteiger partial charge in [-0.2, -0.15) is 0 Å². The summed E-state index contributed by atoms with van der Waals surface area (Å²) in [5.41, 5.74) is 0.628. The summed E-state index contributed by atoms with van der Waals surface area (Å²) in [4.78, 5) is 19.1. The van der Waals surface area contributed by atoms with Crippen LogP contribution in [0.3, 0.4) is 0 Å². The zero-order chi connectivity index (χ0) is 13.7. The Bertz CT molecular complexity index is 623. The van der Waals surface area contributed by atoms with Gasteiger partial charge in [0.05, 0.1) is 5.52 Å². The Morgan fingerprint density at radius 3 is 2.89 bits per heavy atom. The van der Waals surface area contributed by atoms with Crippen LogP contribution in [0.4, 0.5) is 5.82 Å². The highest BCUT2D eigenvalue weighted by atomic mass is 16.4. The van der Waals surface area contributed by atoms with Gasteiger partial charge in [-0.25, -0.2) is 14.8 Å². The summed E-state index contributed by atoms with van der Waals surface area (Å²) >= 11 is 0. The number of nitrogens with zero attached hydrogens (tertiary/aromatic N) is 2. The smallest absolute Gasteiger partial charge is 0.374 e. The predicted molar refractivity (Wildman–Crippen MR) is 74.4 cm³/mol. The second-order valence-electron chi connectivity index (χ2n) is 4.00. The molecule has 0 fully saturated rings. The number of allylic oxidation sites excluding steroid dienone is 1. The maximum Gasteiger partial charge on any atom is 0.374 e. The van der Waals surface area contributed by atoms with Crippen LogP contribution in [0.25, 0.3) is 10.9 Å². The van der Waals surface area contributed by atoms with Gasteiger partial charge in [0.25, 0.3) is 0 Å². The molecular weight excluding hydrogens is 242 g/mol. The van der Waals surface area contributed by atoms with Crippen molar-refractivity contribution in [2.75, 3.05) is 11.9 Å². The van der Waals surface area contributed by atoms with Crippen molar-refractivity contribution in [2.24, 2.45) is 0 Å². The maximum absolute atomic E-state index is 11.0. The highest BCUT2D eigenvalue weighted by molar-refractivity contribution is 5.93. The summed E-state index contributed by atoms with van der Waals surface area (Å²) in [5.74, 6) is -0.748. The summed E-state index contributed by atoms with van der Waals surface area (Å²) in [7, 11) is 0. The Balaban J connectivity index is 2.36. The van der Waals surface area contributed by atoms with E-state index in [2.05, 4.69) is 15.3 Å². The lowest BCUT2D eigenvalue weighted by molar-refractivity contribution is 0.0684. The Hall–Kier alpha value is -2.43. The summed E-state index contributed by atoms with van der Waals surface area (Å²) in [6, 6.07) is 7.35. The molecule has 98 valence electrons. The second kappa shape index (κ2) is 5.95. The second-order valence-corrected chi connectivity index (χ2v) is 4.00. The molecule has 1 heterocycles. The van der Waals surface area contributed by atoms with E-state index in [1.807, 2.05) is 37.3 Å². The first kappa shape index (κ1) is 13.0. The number of carbonyl (C=O) groups is 1. The fourth-order valence-electron chi connectivity index (χ4n) is 1.75. The van der Waals surface area contributed by atoms with Crippen molar-refractivity contribution >= 4 is 22.7 Å². The van der Waals surface area contributed by atoms with Gasteiger partial charge in [-0.3, -0.25) is 0 Å². The molecule has 2 aromatic rings. The molecule has 0 aliphatic rings. The lowest BCUT2D eigenvalue weighted by Gasteiger charge is -2.08. The van der Waals surface area contributed by atoms with Crippen molar-refractivity contribution in [1.29, 1.82) is 0 Å². The molecule has 2 N–H and O–H groups in total. The van der Waals surface area contributed by atoms with E-state index in [-0.39, 0.29) is 5.82 Å². The zero-order valence-electron chi connectivity index (χ0n) is 10.6. The highest BCUT2D eigenvalue weighted by Gasteiger charge is 2.11. The minimum Gasteiger partial charge on any atom is -0.475 e. The number of rotatable bonds is 5. The number of carboxylic acid groups (broad SMARTS) is 1. The van der Waals surface area contributed by atoms with Crippen molar-refractivity contribution in [3.63, 3.8) is 0 Å². The molecular formula is C14H15N3O2. The summed E-state index contributed by atoms with van der Waals surface area (Å²) in [6.07, 6.45) is 4.87. The zero-order valence-corrected chi connectivity index (χ0v) is 10.6. The molecule has 0 spiro atoms. The van der Waals surface area contributed by atoms with Crippen molar-refractivity contribution in [2.45, 2.75) is 13.3 Å². The highest BCUT2D eigenvalue weighted by Crippen LogP contribution is 2.19. The molecule has 0 aliphatic heterocycles. The van der Waals surface area contributed by atoms with Gasteiger partial charge in [0.1, 0.15) is 5.82 Å². The number of hydrogen-bond acceptors (Lipinski definition) is 4. The molecule has 2 rings (SSSR count). The van der Waals surface area contributed by atoms with Crippen LogP contribution in [0.15, 0.2) is 36.4 Å². The number of carboxylic acids is 1. The Labute approximate surface area is 111 Å². The third kappa shape index (κ3) is 3.07. The van der Waals surface area contributed by atoms with Crippen LogP contribution in [0.5, 0.6) is 0 Å². The van der Waals surface area contributed by atoms with Crippen LogP contribution >= 0.6 is 0 Å². The largest absolute Gasteiger partial charge is 0.475 e. The van der Waals surface area contributed by atoms with Crippen molar-refractivity contribution in [3.8, 4) is 0 Å². The molecule has 0 bridgehead atoms. The number of hydrogen-bond donors (Lipinski definition) is 2. The first-order chi connectivity index (χ1) is 9.22. The monoisotopic (exact) mass is 257 g/mol. The van der Waals surface area contributed by atoms with Crippen molar-refractivity contribution in [1.82, 2.24) is 9.97 Å². The van der Waals surface area contributed by atoms with Crippen LogP contribution in [-0.2, 0) is 0 Å². The number of nitrogens with one attached hydrogen (secondary N) is 1. The topological polar surface area (TPSA) is 75.1 Å². The van der Waals surface area contributed by atoms with Gasteiger partial charge >= 0.3 is 5.97 Å². The minimum absolute atomic E-state index is 0.188. The van der Waals surface area contributed by atoms with E-state index in [1.165, 1.54) is 0 Å². The first-order valence-electron chi connectivity index (χ1n) is 6.07. The lowest BCUT2D eigenvalue weighted by atomic mass is 10.2. The lowest BCUT2D eigenvalue weighted by Crippen LogP contribution is -2.09. The number of benzene rings is 1. The predicted octanol–water partition coefficient (Wildman–Crippen LogP) is 2.71. The van der Waals surface area contributed by atoms with Crippen LogP contribution in [0, 0.1) is 0 Å². The van der Waals surface area contributed by atoms with E-state index in [1.54, 1.807) is 6.07 Å². The average molecular weight is 257 g/mol. The Morgan fingerprint density at radius 2 is 2.16 bits per heavy atom. The Kier molecular flexibility index (Phi) is 4.07. The summed E-state index contributed by atoms with van der Waals surface area (Å²) in [5, 5.41) is 13.0. The van der Waals surface area contributed by atoms with E-state index in [0.29, 0.717) is 17.9 Å². The molecule has 5 nitrogen and oxygen atoms in total. The first-order valence-corrected chi connectivity index (χ1v) is 6.07.